The Labute approximate surface area is 396 Å². The molecule has 2 heterocycles. The maximum absolute atomic E-state index is 13.5. The van der Waals surface area contributed by atoms with Crippen molar-refractivity contribution in [2.45, 2.75) is 167 Å². The summed E-state index contributed by atoms with van der Waals surface area (Å²) in [5.41, 5.74) is 10.8. The van der Waals surface area contributed by atoms with Crippen LogP contribution in [0.15, 0.2) is 0 Å². The van der Waals surface area contributed by atoms with E-state index in [0.29, 0.717) is 32.2 Å². The van der Waals surface area contributed by atoms with Gasteiger partial charge in [0.25, 0.3) is 0 Å². The maximum Gasteiger partial charge on any atom is 0.306 e. The molecule has 0 saturated carbocycles. The van der Waals surface area contributed by atoms with Crippen molar-refractivity contribution in [3.8, 4) is 0 Å². The van der Waals surface area contributed by atoms with Crippen molar-refractivity contribution in [2.75, 3.05) is 26.2 Å². The zero-order chi connectivity index (χ0) is 51.1. The molecule has 2 fully saturated rings. The van der Waals surface area contributed by atoms with E-state index in [9.17, 15) is 72.9 Å². The average Bonchev–Trinajstić information content (AvgIpc) is 3.95. The smallest absolute Gasteiger partial charge is 0.306 e. The van der Waals surface area contributed by atoms with Crippen LogP contribution in [-0.2, 0) is 57.5 Å². The zero-order valence-corrected chi connectivity index (χ0v) is 39.6. The van der Waals surface area contributed by atoms with Gasteiger partial charge >= 0.3 is 11.9 Å². The number of amides is 5. The number of carboxylic acid groups (broad SMARTS) is 2. The fraction of sp³-hybridized carbons (Fsp3) is 0.739. The van der Waals surface area contributed by atoms with Gasteiger partial charge in [-0.05, 0) is 70.8 Å². The van der Waals surface area contributed by atoms with E-state index < -0.39 is 126 Å². The van der Waals surface area contributed by atoms with Crippen LogP contribution >= 0.6 is 0 Å². The van der Waals surface area contributed by atoms with Crippen molar-refractivity contribution in [1.82, 2.24) is 26.2 Å². The molecule has 22 nitrogen and oxygen atoms in total. The number of carbonyl (C=O) groups excluding carboxylic acids is 10. The molecular weight excluding hydrogens is 891 g/mol. The van der Waals surface area contributed by atoms with Gasteiger partial charge in [0.15, 0.2) is 23.1 Å². The van der Waals surface area contributed by atoms with Crippen LogP contribution in [0.3, 0.4) is 0 Å². The lowest BCUT2D eigenvalue weighted by atomic mass is 9.90. The standard InChI is InChI=1S/C46H73N7O15/c1-26(2)19-30(45(66)51-27(3)36(56)12-15-42(62)53-18-6-8-35(53)39(59)22-29(46(67)68)7-4-5-17-47)20-31(54)25-50-44(65)28(9-16-43(63)64)21-38(58)33(10-13-40(48)60)52-41(61)14-11-37(57)34-23-32(55)24-49-34/h26-30,32-35,49,55H,4-25,47H2,1-3H3,(H2,48,60)(H,50,65)(H,51,66)(H,52,61)(H,63,64)(H,67,68)/t27-,28+,29+,30+,32+,33-,34-,35-/m0/s1. The summed E-state index contributed by atoms with van der Waals surface area (Å²) in [4.78, 5) is 155. The Balaban J connectivity index is 2.00. The van der Waals surface area contributed by atoms with Gasteiger partial charge in [0.1, 0.15) is 5.78 Å². The van der Waals surface area contributed by atoms with Crippen LogP contribution in [0.4, 0.5) is 0 Å². The third-order valence-corrected chi connectivity index (χ3v) is 12.3. The maximum atomic E-state index is 13.5. The number of unbranched alkanes of at least 4 members (excludes halogenated alkanes) is 1. The molecule has 68 heavy (non-hydrogen) atoms. The quantitative estimate of drug-likeness (QED) is 0.0366. The number of aliphatic carboxylic acids is 2. The number of likely N-dealkylation sites (tertiary alicyclic amines) is 1. The number of ketones is 5. The van der Waals surface area contributed by atoms with E-state index in [1.807, 2.05) is 13.8 Å². The van der Waals surface area contributed by atoms with E-state index in [-0.39, 0.29) is 108 Å². The number of aliphatic hydroxyl groups excluding tert-OH is 1. The van der Waals surface area contributed by atoms with Gasteiger partial charge in [-0.1, -0.05) is 20.3 Å². The van der Waals surface area contributed by atoms with Crippen LogP contribution in [0.25, 0.3) is 0 Å². The third-order valence-electron chi connectivity index (χ3n) is 12.3. The number of aliphatic hydroxyl groups is 1. The van der Waals surface area contributed by atoms with Crippen LogP contribution in [-0.4, -0.2) is 147 Å². The molecule has 0 spiro atoms. The minimum atomic E-state index is -1.32. The summed E-state index contributed by atoms with van der Waals surface area (Å²) < 4.78 is 0. The second kappa shape index (κ2) is 30.1. The van der Waals surface area contributed by atoms with Crippen molar-refractivity contribution in [2.24, 2.45) is 35.1 Å². The average molecular weight is 964 g/mol. The third kappa shape index (κ3) is 21.6. The lowest BCUT2D eigenvalue weighted by Gasteiger charge is -2.25. The molecule has 11 N–H and O–H groups in total. The normalized spacial score (nSPS) is 19.0. The van der Waals surface area contributed by atoms with Crippen LogP contribution < -0.4 is 32.7 Å². The summed E-state index contributed by atoms with van der Waals surface area (Å²) in [5, 5.41) is 39.0. The highest BCUT2D eigenvalue weighted by atomic mass is 16.4. The molecular formula is C46H73N7O15. The van der Waals surface area contributed by atoms with Crippen molar-refractivity contribution < 1.29 is 72.9 Å². The molecule has 0 aromatic heterocycles. The molecule has 2 aliphatic rings. The first-order valence-electron chi connectivity index (χ1n) is 23.7. The Morgan fingerprint density at radius 2 is 1.44 bits per heavy atom. The summed E-state index contributed by atoms with van der Waals surface area (Å²) in [5.74, 6) is -11.4. The number of β-amino-alcohol motifs (C(OH)–C–C–N with tert-alkyl or cyclic N) is 1. The number of Topliss-reactive ketones (excluding diaryl/α,β-unsaturated/α-hetero) is 5. The summed E-state index contributed by atoms with van der Waals surface area (Å²) in [6, 6.07) is -3.79. The first-order valence-corrected chi connectivity index (χ1v) is 23.7. The van der Waals surface area contributed by atoms with Crippen molar-refractivity contribution in [1.29, 1.82) is 0 Å². The minimum absolute atomic E-state index is 0.0853. The largest absolute Gasteiger partial charge is 0.481 e. The first kappa shape index (κ1) is 58.6. The van der Waals surface area contributed by atoms with Gasteiger partial charge in [-0.15, -0.1) is 0 Å². The fourth-order valence-electron chi connectivity index (χ4n) is 8.41. The number of carboxylic acids is 2. The molecule has 22 heteroatoms. The highest BCUT2D eigenvalue weighted by Gasteiger charge is 2.37. The number of primary amides is 1. The molecule has 8 atom stereocenters. The molecule has 0 radical (unpaired) electrons. The number of nitrogens with two attached hydrogens (primary N) is 2. The van der Waals surface area contributed by atoms with Crippen LogP contribution in [0.2, 0.25) is 0 Å². The Hall–Kier alpha value is -5.48. The van der Waals surface area contributed by atoms with Crippen molar-refractivity contribution in [3.63, 3.8) is 0 Å². The second-order valence-corrected chi connectivity index (χ2v) is 18.5. The van der Waals surface area contributed by atoms with Gasteiger partial charge in [0.2, 0.25) is 29.5 Å². The summed E-state index contributed by atoms with van der Waals surface area (Å²) >= 11 is 0. The minimum Gasteiger partial charge on any atom is -0.481 e. The lowest BCUT2D eigenvalue weighted by molar-refractivity contribution is -0.145. The van der Waals surface area contributed by atoms with Crippen LogP contribution in [0, 0.1) is 23.7 Å². The topological polar surface area (TPSA) is 369 Å². The summed E-state index contributed by atoms with van der Waals surface area (Å²) in [7, 11) is 0. The molecule has 2 saturated heterocycles. The van der Waals surface area contributed by atoms with Gasteiger partial charge in [-0.2, -0.15) is 0 Å². The van der Waals surface area contributed by atoms with Gasteiger partial charge in [-0.3, -0.25) is 57.5 Å². The Morgan fingerprint density at radius 1 is 0.735 bits per heavy atom. The van der Waals surface area contributed by atoms with Gasteiger partial charge in [0.05, 0.1) is 42.7 Å². The monoisotopic (exact) mass is 964 g/mol. The SMILES string of the molecule is CC(C)C[C@H](CC(=O)CNC(=O)[C@H](CCC(=O)O)CC(=O)[C@H](CCC(N)=O)NC(=O)CCC(=O)[C@@H]1C[C@@H](O)CN1)C(=O)N[C@@H](C)C(=O)CCC(=O)N1CCC[C@H]1C(=O)C[C@@H](CCCCN)C(=O)O. The van der Waals surface area contributed by atoms with E-state index in [4.69, 9.17) is 11.5 Å². The molecule has 0 aromatic rings. The second-order valence-electron chi connectivity index (χ2n) is 18.5. The van der Waals surface area contributed by atoms with E-state index in [1.165, 1.54) is 11.8 Å². The number of hydrogen-bond donors (Lipinski definition) is 9. The molecule has 0 aromatic carbocycles. The number of carbonyl (C=O) groups is 12. The Morgan fingerprint density at radius 3 is 2.04 bits per heavy atom. The number of nitrogens with one attached hydrogen (secondary N) is 4. The summed E-state index contributed by atoms with van der Waals surface area (Å²) in [6.07, 6.45) is -1.52. The highest BCUT2D eigenvalue weighted by Crippen LogP contribution is 2.25. The molecule has 5 amide bonds. The number of nitrogens with zero attached hydrogens (tertiary/aromatic N) is 1. The van der Waals surface area contributed by atoms with E-state index >= 15 is 0 Å². The number of rotatable bonds is 35. The van der Waals surface area contributed by atoms with Crippen LogP contribution in [0.5, 0.6) is 0 Å². The van der Waals surface area contributed by atoms with Gasteiger partial charge in [-0.25, -0.2) is 0 Å². The Bertz CT molecular complexity index is 1820. The van der Waals surface area contributed by atoms with Crippen molar-refractivity contribution >= 4 is 70.4 Å². The van der Waals surface area contributed by atoms with E-state index in [2.05, 4.69) is 21.3 Å². The summed E-state index contributed by atoms with van der Waals surface area (Å²) in [6.45, 7) is 5.38. The van der Waals surface area contributed by atoms with E-state index in [1.54, 1.807) is 0 Å². The molecule has 2 aliphatic heterocycles. The van der Waals surface area contributed by atoms with Gasteiger partial charge in [0, 0.05) is 82.7 Å². The van der Waals surface area contributed by atoms with Crippen molar-refractivity contribution in [3.05, 3.63) is 0 Å². The fourth-order valence-corrected chi connectivity index (χ4v) is 8.41. The highest BCUT2D eigenvalue weighted by molar-refractivity contribution is 5.97. The predicted molar refractivity (Wildman–Crippen MR) is 243 cm³/mol. The van der Waals surface area contributed by atoms with E-state index in [0.717, 1.165) is 0 Å². The molecule has 0 bridgehead atoms. The zero-order valence-electron chi connectivity index (χ0n) is 39.6. The number of hydrogen-bond acceptors (Lipinski definition) is 15. The first-order chi connectivity index (χ1) is 32.0. The molecule has 382 valence electrons. The Kier molecular flexibility index (Phi) is 26.0. The lowest BCUT2D eigenvalue weighted by Crippen LogP contribution is -2.45. The van der Waals surface area contributed by atoms with Gasteiger partial charge < -0.3 is 53.0 Å². The molecule has 0 unspecified atom stereocenters. The van der Waals surface area contributed by atoms with Crippen LogP contribution in [0.1, 0.15) is 136 Å². The molecule has 2 rings (SSSR count). The predicted octanol–water partition coefficient (Wildman–Crippen LogP) is -0.379. The molecule has 0 aliphatic carbocycles.